The summed E-state index contributed by atoms with van der Waals surface area (Å²) in [4.78, 5) is 36.9. The molecule has 2 amide bonds. The summed E-state index contributed by atoms with van der Waals surface area (Å²) >= 11 is 18.8. The van der Waals surface area contributed by atoms with E-state index in [0.29, 0.717) is 10.5 Å². The molecule has 0 radical (unpaired) electrons. The number of carbonyl (C=O) groups is 2. The SMILES string of the molecule is C=CCN1C(=O)C(=Cc2ccc([N+](=O)[O-])cc2)SC1=NNC(=O)COc1cc(Cl)c(Cl)cc1Cl. The van der Waals surface area contributed by atoms with Crippen molar-refractivity contribution < 1.29 is 19.2 Å². The second kappa shape index (κ2) is 11.4. The Bertz CT molecular complexity index is 1220. The van der Waals surface area contributed by atoms with Crippen LogP contribution in [0.25, 0.3) is 6.08 Å². The topological polar surface area (TPSA) is 114 Å². The van der Waals surface area contributed by atoms with E-state index in [0.717, 1.165) is 11.8 Å². The number of nitrogens with zero attached hydrogens (tertiary/aromatic N) is 3. The Morgan fingerprint density at radius 1 is 1.21 bits per heavy atom. The van der Waals surface area contributed by atoms with Gasteiger partial charge in [-0.3, -0.25) is 24.6 Å². The van der Waals surface area contributed by atoms with E-state index >= 15 is 0 Å². The quantitative estimate of drug-likeness (QED) is 0.163. The smallest absolute Gasteiger partial charge is 0.278 e. The number of carbonyl (C=O) groups excluding carboxylic acids is 2. The summed E-state index contributed by atoms with van der Waals surface area (Å²) in [5.41, 5.74) is 2.86. The highest BCUT2D eigenvalue weighted by molar-refractivity contribution is 8.18. The van der Waals surface area contributed by atoms with Crippen molar-refractivity contribution in [3.63, 3.8) is 0 Å². The van der Waals surface area contributed by atoms with Crippen LogP contribution < -0.4 is 10.2 Å². The Hall–Kier alpha value is -3.05. The summed E-state index contributed by atoms with van der Waals surface area (Å²) in [5.74, 6) is -0.782. The van der Waals surface area contributed by atoms with Crippen LogP contribution in [0.5, 0.6) is 5.75 Å². The molecule has 9 nitrogen and oxygen atoms in total. The molecule has 2 aromatic rings. The number of amides is 2. The molecule has 0 saturated carbocycles. The number of nitro groups is 1. The first-order valence-corrected chi connectivity index (χ1v) is 11.3. The van der Waals surface area contributed by atoms with E-state index in [1.165, 1.54) is 47.4 Å². The maximum absolute atomic E-state index is 12.8. The molecular formula is C21H15Cl3N4O5S. The van der Waals surface area contributed by atoms with Crippen molar-refractivity contribution in [1.82, 2.24) is 10.3 Å². The third-order valence-corrected chi connectivity index (χ3v) is 6.24. The molecule has 2 aromatic carbocycles. The molecule has 34 heavy (non-hydrogen) atoms. The highest BCUT2D eigenvalue weighted by Crippen LogP contribution is 2.34. The number of rotatable bonds is 8. The number of hydrogen-bond donors (Lipinski definition) is 1. The van der Waals surface area contributed by atoms with Gasteiger partial charge in [-0.05, 0) is 41.6 Å². The van der Waals surface area contributed by atoms with Gasteiger partial charge in [-0.25, -0.2) is 5.43 Å². The molecule has 1 N–H and O–H groups in total. The zero-order valence-electron chi connectivity index (χ0n) is 17.2. The Morgan fingerprint density at radius 2 is 1.88 bits per heavy atom. The molecule has 0 aliphatic carbocycles. The summed E-state index contributed by atoms with van der Waals surface area (Å²) in [5, 5.41) is 15.7. The number of amidine groups is 1. The van der Waals surface area contributed by atoms with Crippen LogP contribution in [-0.4, -0.2) is 40.0 Å². The molecule has 1 fully saturated rings. The molecule has 0 unspecified atom stereocenters. The lowest BCUT2D eigenvalue weighted by atomic mass is 10.2. The first-order valence-electron chi connectivity index (χ1n) is 9.40. The van der Waals surface area contributed by atoms with Gasteiger partial charge < -0.3 is 4.74 Å². The first kappa shape index (κ1) is 25.6. The minimum Gasteiger partial charge on any atom is -0.482 e. The van der Waals surface area contributed by atoms with E-state index in [9.17, 15) is 19.7 Å². The number of hydrazone groups is 1. The average Bonchev–Trinajstić information content (AvgIpc) is 3.09. The monoisotopic (exact) mass is 540 g/mol. The van der Waals surface area contributed by atoms with Crippen LogP contribution in [0.1, 0.15) is 5.56 Å². The zero-order valence-corrected chi connectivity index (χ0v) is 20.2. The van der Waals surface area contributed by atoms with Crippen LogP contribution in [0.3, 0.4) is 0 Å². The van der Waals surface area contributed by atoms with Crippen molar-refractivity contribution in [2.24, 2.45) is 5.10 Å². The summed E-state index contributed by atoms with van der Waals surface area (Å²) in [6.45, 7) is 3.37. The van der Waals surface area contributed by atoms with Gasteiger partial charge in [-0.2, -0.15) is 0 Å². The van der Waals surface area contributed by atoms with Crippen LogP contribution in [0.4, 0.5) is 5.69 Å². The number of nitro benzene ring substituents is 1. The molecule has 13 heteroatoms. The van der Waals surface area contributed by atoms with Crippen molar-refractivity contribution in [2.75, 3.05) is 13.2 Å². The average molecular weight is 542 g/mol. The predicted molar refractivity (Wildman–Crippen MR) is 133 cm³/mol. The molecule has 0 bridgehead atoms. The van der Waals surface area contributed by atoms with Gasteiger partial charge in [0.05, 0.1) is 24.9 Å². The van der Waals surface area contributed by atoms with Gasteiger partial charge in [0.25, 0.3) is 17.5 Å². The van der Waals surface area contributed by atoms with Crippen LogP contribution in [-0.2, 0) is 9.59 Å². The van der Waals surface area contributed by atoms with Gasteiger partial charge in [-0.15, -0.1) is 11.7 Å². The van der Waals surface area contributed by atoms with Crippen molar-refractivity contribution in [3.8, 4) is 5.75 Å². The summed E-state index contributed by atoms with van der Waals surface area (Å²) in [6.07, 6.45) is 3.09. The maximum Gasteiger partial charge on any atom is 0.278 e. The minimum atomic E-state index is -0.603. The number of non-ortho nitro benzene ring substituents is 1. The molecule has 1 heterocycles. The zero-order chi connectivity index (χ0) is 24.8. The standard InChI is InChI=1S/C21H15Cl3N4O5S/c1-2-7-27-20(30)18(8-12-3-5-13(6-4-12)28(31)32)34-21(27)26-25-19(29)11-33-17-10-15(23)14(22)9-16(17)24/h2-6,8-10H,1,7,11H2,(H,25,29). The molecule has 0 atom stereocenters. The molecule has 1 aliphatic heterocycles. The van der Waals surface area contributed by atoms with E-state index < -0.39 is 17.4 Å². The molecular weight excluding hydrogens is 527 g/mol. The second-order valence-electron chi connectivity index (χ2n) is 6.58. The lowest BCUT2D eigenvalue weighted by Crippen LogP contribution is -2.32. The lowest BCUT2D eigenvalue weighted by molar-refractivity contribution is -0.384. The van der Waals surface area contributed by atoms with Crippen molar-refractivity contribution in [3.05, 3.63) is 84.7 Å². The van der Waals surface area contributed by atoms with Crippen LogP contribution in [0, 0.1) is 10.1 Å². The fraction of sp³-hybridized carbons (Fsp3) is 0.0952. The van der Waals surface area contributed by atoms with E-state index in [1.807, 2.05) is 0 Å². The third-order valence-electron chi connectivity index (χ3n) is 4.21. The van der Waals surface area contributed by atoms with Gasteiger partial charge in [0.1, 0.15) is 5.75 Å². The van der Waals surface area contributed by atoms with Crippen molar-refractivity contribution in [1.29, 1.82) is 0 Å². The number of nitrogens with one attached hydrogen (secondary N) is 1. The molecule has 1 saturated heterocycles. The van der Waals surface area contributed by atoms with Crippen LogP contribution in [0.15, 0.2) is 59.1 Å². The van der Waals surface area contributed by atoms with Crippen LogP contribution in [0.2, 0.25) is 15.1 Å². The molecule has 0 spiro atoms. The van der Waals surface area contributed by atoms with E-state index in [-0.39, 0.29) is 44.1 Å². The van der Waals surface area contributed by atoms with Gasteiger partial charge >= 0.3 is 0 Å². The summed E-state index contributed by atoms with van der Waals surface area (Å²) in [6, 6.07) is 8.52. The largest absolute Gasteiger partial charge is 0.482 e. The number of hydrogen-bond acceptors (Lipinski definition) is 7. The fourth-order valence-electron chi connectivity index (χ4n) is 2.63. The Labute approximate surface area is 213 Å². The molecule has 0 aromatic heterocycles. The number of benzene rings is 2. The Kier molecular flexibility index (Phi) is 8.56. The minimum absolute atomic E-state index is 0.0600. The van der Waals surface area contributed by atoms with Gasteiger partial charge in [0.2, 0.25) is 0 Å². The summed E-state index contributed by atoms with van der Waals surface area (Å²) < 4.78 is 5.35. The lowest BCUT2D eigenvalue weighted by Gasteiger charge is -2.12. The second-order valence-corrected chi connectivity index (χ2v) is 8.81. The molecule has 1 aliphatic rings. The third kappa shape index (κ3) is 6.29. The van der Waals surface area contributed by atoms with E-state index in [1.54, 1.807) is 6.08 Å². The maximum atomic E-state index is 12.8. The van der Waals surface area contributed by atoms with Gasteiger partial charge in [0.15, 0.2) is 11.8 Å². The van der Waals surface area contributed by atoms with Gasteiger partial charge in [-0.1, -0.05) is 40.9 Å². The normalized spacial score (nSPS) is 15.6. The first-order chi connectivity index (χ1) is 16.2. The van der Waals surface area contributed by atoms with Gasteiger partial charge in [0, 0.05) is 24.7 Å². The van der Waals surface area contributed by atoms with E-state index in [4.69, 9.17) is 39.5 Å². The highest BCUT2D eigenvalue weighted by Gasteiger charge is 2.33. The number of halogens is 3. The van der Waals surface area contributed by atoms with E-state index in [2.05, 4.69) is 17.1 Å². The predicted octanol–water partition coefficient (Wildman–Crippen LogP) is 5.12. The molecule has 176 valence electrons. The Balaban J connectivity index is 1.69. The molecule has 3 rings (SSSR count). The van der Waals surface area contributed by atoms with Crippen molar-refractivity contribution in [2.45, 2.75) is 0 Å². The number of thioether (sulfide) groups is 1. The Morgan fingerprint density at radius 3 is 2.53 bits per heavy atom. The van der Waals surface area contributed by atoms with Crippen LogP contribution >= 0.6 is 46.6 Å². The summed E-state index contributed by atoms with van der Waals surface area (Å²) in [7, 11) is 0. The highest BCUT2D eigenvalue weighted by atomic mass is 35.5. The fourth-order valence-corrected chi connectivity index (χ4v) is 4.17. The van der Waals surface area contributed by atoms with Crippen molar-refractivity contribution >= 4 is 75.3 Å². The number of ether oxygens (including phenoxy) is 1.